The molecule has 1 saturated heterocycles. The molecule has 0 atom stereocenters. The Morgan fingerprint density at radius 3 is 2.33 bits per heavy atom. The molecule has 1 aliphatic heterocycles. The van der Waals surface area contributed by atoms with Crippen LogP contribution < -0.4 is 10.5 Å². The Labute approximate surface area is 176 Å². The van der Waals surface area contributed by atoms with E-state index in [9.17, 15) is 4.79 Å². The monoisotopic (exact) mass is 402 g/mol. The molecule has 1 amide bonds. The van der Waals surface area contributed by atoms with E-state index in [2.05, 4.69) is 34.1 Å². The lowest BCUT2D eigenvalue weighted by molar-refractivity contribution is 0.111. The predicted octanol–water partition coefficient (Wildman–Crippen LogP) is 3.69. The fraction of sp³-hybridized carbons (Fsp3) is 0.250. The van der Waals surface area contributed by atoms with Gasteiger partial charge in [0.1, 0.15) is 11.6 Å². The van der Waals surface area contributed by atoms with Crippen LogP contribution in [0.2, 0.25) is 0 Å². The number of nitrogens with two attached hydrogens (primary N) is 1. The Hall–Kier alpha value is -3.38. The van der Waals surface area contributed by atoms with Crippen LogP contribution in [0.5, 0.6) is 5.75 Å². The van der Waals surface area contributed by atoms with Gasteiger partial charge in [0.2, 0.25) is 0 Å². The Morgan fingerprint density at radius 2 is 1.63 bits per heavy atom. The molecule has 30 heavy (non-hydrogen) atoms. The molecule has 0 unspecified atom stereocenters. The number of nitrogens with zero attached hydrogens (tertiary/aromatic N) is 3. The number of pyridine rings is 1. The fourth-order valence-electron chi connectivity index (χ4n) is 3.55. The summed E-state index contributed by atoms with van der Waals surface area (Å²) in [7, 11) is 0. The highest BCUT2D eigenvalue weighted by Gasteiger charge is 2.22. The smallest absolute Gasteiger partial charge is 0.410 e. The summed E-state index contributed by atoms with van der Waals surface area (Å²) in [5, 5.41) is 0. The van der Waals surface area contributed by atoms with Crippen LogP contribution in [0.1, 0.15) is 5.56 Å². The normalized spacial score (nSPS) is 14.5. The Balaban J connectivity index is 1.23. The first-order valence-electron chi connectivity index (χ1n) is 10.2. The number of hydrogen-bond donors (Lipinski definition) is 1. The van der Waals surface area contributed by atoms with Crippen LogP contribution in [0.25, 0.3) is 11.3 Å². The van der Waals surface area contributed by atoms with Crippen molar-refractivity contribution in [2.24, 2.45) is 0 Å². The molecule has 0 saturated carbocycles. The van der Waals surface area contributed by atoms with E-state index in [4.69, 9.17) is 10.5 Å². The molecule has 6 heteroatoms. The van der Waals surface area contributed by atoms with Crippen molar-refractivity contribution in [1.29, 1.82) is 0 Å². The molecule has 6 nitrogen and oxygen atoms in total. The Morgan fingerprint density at radius 1 is 0.900 bits per heavy atom. The molecule has 4 rings (SSSR count). The van der Waals surface area contributed by atoms with Crippen LogP contribution in [0.15, 0.2) is 72.8 Å². The standard InChI is InChI=1S/C24H26N4O2/c25-23-8-4-7-22(26-23)20-11-9-19(10-12-20)13-14-27-15-17-28(18-16-27)24(29)30-21-5-2-1-3-6-21/h1-12H,13-18H2,(H2,25,26). The summed E-state index contributed by atoms with van der Waals surface area (Å²) in [5.74, 6) is 1.12. The van der Waals surface area contributed by atoms with Gasteiger partial charge in [-0.05, 0) is 36.2 Å². The number of hydrogen-bond acceptors (Lipinski definition) is 5. The van der Waals surface area contributed by atoms with Crippen molar-refractivity contribution >= 4 is 11.9 Å². The number of ether oxygens (including phenoxy) is 1. The second-order valence-electron chi connectivity index (χ2n) is 7.40. The largest absolute Gasteiger partial charge is 0.415 e. The van der Waals surface area contributed by atoms with Gasteiger partial charge in [0, 0.05) is 38.3 Å². The van der Waals surface area contributed by atoms with Gasteiger partial charge in [0.25, 0.3) is 0 Å². The SMILES string of the molecule is Nc1cccc(-c2ccc(CCN3CCN(C(=O)Oc4ccccc4)CC3)cc2)n1. The molecule has 1 aromatic heterocycles. The highest BCUT2D eigenvalue weighted by atomic mass is 16.6. The van der Waals surface area contributed by atoms with E-state index in [0.717, 1.165) is 37.3 Å². The zero-order valence-corrected chi connectivity index (χ0v) is 16.9. The van der Waals surface area contributed by atoms with E-state index in [1.165, 1.54) is 5.56 Å². The van der Waals surface area contributed by atoms with E-state index in [-0.39, 0.29) is 6.09 Å². The highest BCUT2D eigenvalue weighted by molar-refractivity contribution is 5.70. The summed E-state index contributed by atoms with van der Waals surface area (Å²) in [6, 6.07) is 23.4. The molecular weight excluding hydrogens is 376 g/mol. The number of piperazine rings is 1. The van der Waals surface area contributed by atoms with Gasteiger partial charge in [0.15, 0.2) is 0 Å². The van der Waals surface area contributed by atoms with Gasteiger partial charge in [-0.25, -0.2) is 9.78 Å². The number of rotatable bonds is 5. The lowest BCUT2D eigenvalue weighted by atomic mass is 10.1. The first-order chi connectivity index (χ1) is 14.7. The van der Waals surface area contributed by atoms with Gasteiger partial charge >= 0.3 is 6.09 Å². The van der Waals surface area contributed by atoms with Crippen molar-refractivity contribution < 1.29 is 9.53 Å². The molecule has 2 heterocycles. The third-order valence-corrected chi connectivity index (χ3v) is 5.32. The second-order valence-corrected chi connectivity index (χ2v) is 7.40. The number of carbonyl (C=O) groups is 1. The van der Waals surface area contributed by atoms with Crippen LogP contribution in [-0.4, -0.2) is 53.6 Å². The Kier molecular flexibility index (Phi) is 6.25. The summed E-state index contributed by atoms with van der Waals surface area (Å²) < 4.78 is 5.43. The summed E-state index contributed by atoms with van der Waals surface area (Å²) in [6.45, 7) is 4.05. The average molecular weight is 402 g/mol. The molecular formula is C24H26N4O2. The lowest BCUT2D eigenvalue weighted by Gasteiger charge is -2.34. The van der Waals surface area contributed by atoms with Crippen molar-refractivity contribution in [1.82, 2.24) is 14.8 Å². The maximum absolute atomic E-state index is 12.3. The van der Waals surface area contributed by atoms with Crippen molar-refractivity contribution in [3.63, 3.8) is 0 Å². The summed E-state index contributed by atoms with van der Waals surface area (Å²) in [5.41, 5.74) is 9.01. The molecule has 2 aromatic carbocycles. The maximum atomic E-state index is 12.3. The quantitative estimate of drug-likeness (QED) is 0.705. The van der Waals surface area contributed by atoms with Crippen LogP contribution in [0.3, 0.4) is 0 Å². The third kappa shape index (κ3) is 5.15. The molecule has 0 radical (unpaired) electrons. The van der Waals surface area contributed by atoms with Gasteiger partial charge in [0.05, 0.1) is 5.69 Å². The molecule has 154 valence electrons. The highest BCUT2D eigenvalue weighted by Crippen LogP contribution is 2.19. The van der Waals surface area contributed by atoms with Gasteiger partial charge in [-0.2, -0.15) is 0 Å². The molecule has 1 fully saturated rings. The van der Waals surface area contributed by atoms with Gasteiger partial charge in [-0.15, -0.1) is 0 Å². The zero-order chi connectivity index (χ0) is 20.8. The minimum Gasteiger partial charge on any atom is -0.410 e. The summed E-state index contributed by atoms with van der Waals surface area (Å²) in [4.78, 5) is 20.8. The van der Waals surface area contributed by atoms with Crippen molar-refractivity contribution in [3.8, 4) is 17.0 Å². The minimum absolute atomic E-state index is 0.272. The number of para-hydroxylation sites is 1. The van der Waals surface area contributed by atoms with Crippen molar-refractivity contribution in [2.75, 3.05) is 38.5 Å². The molecule has 1 aliphatic rings. The number of anilines is 1. The fourth-order valence-corrected chi connectivity index (χ4v) is 3.55. The van der Waals surface area contributed by atoms with E-state index >= 15 is 0 Å². The summed E-state index contributed by atoms with van der Waals surface area (Å²) in [6.07, 6.45) is 0.700. The number of carbonyl (C=O) groups excluding carboxylic acids is 1. The van der Waals surface area contributed by atoms with Gasteiger partial charge in [-0.1, -0.05) is 48.5 Å². The lowest BCUT2D eigenvalue weighted by Crippen LogP contribution is -2.49. The average Bonchev–Trinajstić information content (AvgIpc) is 2.79. The van der Waals surface area contributed by atoms with Crippen molar-refractivity contribution in [2.45, 2.75) is 6.42 Å². The van der Waals surface area contributed by atoms with E-state index in [0.29, 0.717) is 24.7 Å². The van der Waals surface area contributed by atoms with Crippen LogP contribution in [0, 0.1) is 0 Å². The van der Waals surface area contributed by atoms with Gasteiger partial charge < -0.3 is 15.4 Å². The first-order valence-corrected chi connectivity index (χ1v) is 10.2. The topological polar surface area (TPSA) is 71.7 Å². The minimum atomic E-state index is -0.272. The predicted molar refractivity (Wildman–Crippen MR) is 118 cm³/mol. The number of aromatic nitrogens is 1. The summed E-state index contributed by atoms with van der Waals surface area (Å²) >= 11 is 0. The molecule has 2 N–H and O–H groups in total. The van der Waals surface area contributed by atoms with Gasteiger partial charge in [-0.3, -0.25) is 4.90 Å². The van der Waals surface area contributed by atoms with E-state index in [1.54, 1.807) is 23.1 Å². The molecule has 0 aliphatic carbocycles. The molecule has 0 spiro atoms. The maximum Gasteiger partial charge on any atom is 0.415 e. The van der Waals surface area contributed by atoms with Crippen LogP contribution >= 0.6 is 0 Å². The van der Waals surface area contributed by atoms with E-state index < -0.39 is 0 Å². The third-order valence-electron chi connectivity index (χ3n) is 5.32. The first kappa shape index (κ1) is 19.9. The van der Waals surface area contributed by atoms with Crippen LogP contribution in [-0.2, 0) is 6.42 Å². The second kappa shape index (κ2) is 9.41. The molecule has 0 bridgehead atoms. The zero-order valence-electron chi connectivity index (χ0n) is 16.9. The van der Waals surface area contributed by atoms with E-state index in [1.807, 2.05) is 30.3 Å². The van der Waals surface area contributed by atoms with Crippen LogP contribution in [0.4, 0.5) is 10.6 Å². The number of nitrogen functional groups attached to an aromatic ring is 1. The molecule has 3 aromatic rings. The number of benzene rings is 2. The number of amides is 1. The van der Waals surface area contributed by atoms with Crippen molar-refractivity contribution in [3.05, 3.63) is 78.4 Å². The Bertz CT molecular complexity index is 968.